The molecule has 1 saturated heterocycles. The van der Waals surface area contributed by atoms with Gasteiger partial charge in [-0.15, -0.1) is 0 Å². The van der Waals surface area contributed by atoms with Crippen molar-refractivity contribution in [1.82, 2.24) is 25.7 Å². The first-order valence-corrected chi connectivity index (χ1v) is 17.2. The van der Waals surface area contributed by atoms with Gasteiger partial charge in [-0.05, 0) is 52.9 Å². The number of aromatic nitrogens is 2. The van der Waals surface area contributed by atoms with Crippen LogP contribution in [0.4, 0.5) is 0 Å². The monoisotopic (exact) mass is 735 g/mol. The summed E-state index contributed by atoms with van der Waals surface area (Å²) in [6, 6.07) is 20.5. The maximum atomic E-state index is 11.5. The summed E-state index contributed by atoms with van der Waals surface area (Å²) in [5, 5.41) is 34.9. The minimum atomic E-state index is -1.16. The van der Waals surface area contributed by atoms with Crippen molar-refractivity contribution < 1.29 is 24.5 Å². The molecule has 1 aromatic heterocycles. The zero-order valence-electron chi connectivity index (χ0n) is 27.2. The Balaban J connectivity index is 1.23. The van der Waals surface area contributed by atoms with Crippen LogP contribution in [0.3, 0.4) is 0 Å². The highest BCUT2D eigenvalue weighted by molar-refractivity contribution is 6.37. The number of aliphatic hydroxyl groups excluding tert-OH is 1. The molecule has 0 spiro atoms. The summed E-state index contributed by atoms with van der Waals surface area (Å²) in [4.78, 5) is 22.8. The second-order valence-corrected chi connectivity index (χ2v) is 13.4. The van der Waals surface area contributed by atoms with Gasteiger partial charge in [0, 0.05) is 64.2 Å². The van der Waals surface area contributed by atoms with E-state index in [1.54, 1.807) is 23.0 Å². The van der Waals surface area contributed by atoms with Gasteiger partial charge in [-0.25, -0.2) is 0 Å². The molecule has 1 amide bonds. The number of benzene rings is 4. The van der Waals surface area contributed by atoms with Gasteiger partial charge in [0.25, 0.3) is 0 Å². The number of nitrogens with zero attached hydrogens (tertiary/aromatic N) is 2. The minimum absolute atomic E-state index is 0.116. The van der Waals surface area contributed by atoms with Crippen molar-refractivity contribution in [3.8, 4) is 28.0 Å². The van der Waals surface area contributed by atoms with E-state index in [1.807, 2.05) is 30.3 Å². The van der Waals surface area contributed by atoms with E-state index in [1.165, 1.54) is 7.11 Å². The summed E-state index contributed by atoms with van der Waals surface area (Å²) in [5.74, 6) is -0.524. The fourth-order valence-corrected chi connectivity index (χ4v) is 6.98. The lowest BCUT2D eigenvalue weighted by Crippen LogP contribution is -2.39. The number of fused-ring (bicyclic) bond motifs is 1. The van der Waals surface area contributed by atoms with Crippen LogP contribution in [0, 0.1) is 0 Å². The topological polar surface area (TPSA) is 138 Å². The van der Waals surface area contributed by atoms with Gasteiger partial charge in [0.1, 0.15) is 11.8 Å². The smallest absolute Gasteiger partial charge is 0.323 e. The number of carboxylic acids is 1. The van der Waals surface area contributed by atoms with Crippen LogP contribution < -0.4 is 20.7 Å². The number of carboxylic acid groups (broad SMARTS) is 1. The molecule has 5 N–H and O–H groups in total. The first-order chi connectivity index (χ1) is 24.1. The number of carbonyl (C=O) groups is 2. The second kappa shape index (κ2) is 15.8. The Kier molecular flexibility index (Phi) is 11.3. The minimum Gasteiger partial charge on any atom is -0.496 e. The molecule has 5 aromatic rings. The van der Waals surface area contributed by atoms with E-state index >= 15 is 0 Å². The highest BCUT2D eigenvalue weighted by Crippen LogP contribution is 2.41. The molecule has 1 fully saturated rings. The predicted molar refractivity (Wildman–Crippen MR) is 196 cm³/mol. The van der Waals surface area contributed by atoms with Crippen molar-refractivity contribution in [3.63, 3.8) is 0 Å². The largest absolute Gasteiger partial charge is 0.496 e. The number of rotatable bonds is 14. The summed E-state index contributed by atoms with van der Waals surface area (Å²) in [6.07, 6.45) is 3.24. The number of nitrogens with one attached hydrogen (secondary N) is 3. The van der Waals surface area contributed by atoms with Crippen LogP contribution >= 0.6 is 34.8 Å². The number of aliphatic hydroxyl groups is 1. The molecule has 0 radical (unpaired) electrons. The van der Waals surface area contributed by atoms with Gasteiger partial charge >= 0.3 is 5.97 Å². The van der Waals surface area contributed by atoms with Gasteiger partial charge < -0.3 is 25.6 Å². The number of amides is 1. The number of carbonyl (C=O) groups excluding carboxylic acids is 1. The average molecular weight is 737 g/mol. The lowest BCUT2D eigenvalue weighted by molar-refractivity contribution is -0.140. The van der Waals surface area contributed by atoms with E-state index in [-0.39, 0.29) is 18.5 Å². The van der Waals surface area contributed by atoms with Gasteiger partial charge in [0.2, 0.25) is 5.91 Å². The van der Waals surface area contributed by atoms with Crippen LogP contribution in [0.15, 0.2) is 72.9 Å². The summed E-state index contributed by atoms with van der Waals surface area (Å²) >= 11 is 20.5. The maximum Gasteiger partial charge on any atom is 0.323 e. The molecule has 6 rings (SSSR count). The van der Waals surface area contributed by atoms with E-state index < -0.39 is 18.6 Å². The van der Waals surface area contributed by atoms with Gasteiger partial charge in [-0.1, -0.05) is 77.3 Å². The Bertz CT molecular complexity index is 2030. The van der Waals surface area contributed by atoms with Crippen LogP contribution in [-0.4, -0.2) is 64.2 Å². The highest BCUT2D eigenvalue weighted by atomic mass is 35.5. The average Bonchev–Trinajstić information content (AvgIpc) is 3.71. The van der Waals surface area contributed by atoms with Crippen LogP contribution in [0.2, 0.25) is 15.1 Å². The van der Waals surface area contributed by atoms with E-state index in [0.29, 0.717) is 45.9 Å². The normalized spacial score (nSPS) is 15.0. The highest BCUT2D eigenvalue weighted by Gasteiger charge is 2.21. The molecule has 10 nitrogen and oxygen atoms in total. The summed E-state index contributed by atoms with van der Waals surface area (Å²) in [5.41, 5.74) is 6.83. The second-order valence-electron chi connectivity index (χ2n) is 12.2. The summed E-state index contributed by atoms with van der Waals surface area (Å²) < 4.78 is 7.39. The van der Waals surface area contributed by atoms with E-state index in [9.17, 15) is 19.8 Å². The Morgan fingerprint density at radius 1 is 1.04 bits per heavy atom. The molecule has 4 aromatic carbocycles. The number of aliphatic carboxylic acids is 1. The Morgan fingerprint density at radius 3 is 2.52 bits per heavy atom. The number of ether oxygens (including phenoxy) is 1. The fourth-order valence-electron chi connectivity index (χ4n) is 6.19. The molecule has 260 valence electrons. The molecule has 0 unspecified atom stereocenters. The van der Waals surface area contributed by atoms with Crippen molar-refractivity contribution in [2.75, 3.05) is 20.3 Å². The van der Waals surface area contributed by atoms with Gasteiger partial charge in [0.15, 0.2) is 0 Å². The van der Waals surface area contributed by atoms with Crippen LogP contribution in [0.5, 0.6) is 5.75 Å². The van der Waals surface area contributed by atoms with Crippen molar-refractivity contribution in [2.45, 2.75) is 44.6 Å². The van der Waals surface area contributed by atoms with Crippen molar-refractivity contribution >= 4 is 57.6 Å². The van der Waals surface area contributed by atoms with Crippen LogP contribution in [0.1, 0.15) is 29.5 Å². The quantitative estimate of drug-likeness (QED) is 0.0898. The lowest BCUT2D eigenvalue weighted by Gasteiger charge is -2.16. The van der Waals surface area contributed by atoms with Crippen LogP contribution in [-0.2, 0) is 29.2 Å². The SMILES string of the molecule is COc1cc(Cn2ncc3c(-c4cccc(-c5ccc(CNC[C@@H]6CCC(=O)N6)cc5)c4Cl)cc(Cl)cc32)c(Cl)cc1CN[C@@H](CO)C(=O)O. The molecule has 2 atom stereocenters. The molecular formula is C37H36Cl3N5O5. The summed E-state index contributed by atoms with van der Waals surface area (Å²) in [7, 11) is 1.52. The molecule has 0 saturated carbocycles. The summed E-state index contributed by atoms with van der Waals surface area (Å²) in [6.45, 7) is 1.33. The Labute approximate surface area is 304 Å². The lowest BCUT2D eigenvalue weighted by atomic mass is 9.96. The molecule has 2 heterocycles. The number of hydrogen-bond acceptors (Lipinski definition) is 7. The third kappa shape index (κ3) is 7.91. The molecule has 1 aliphatic heterocycles. The van der Waals surface area contributed by atoms with Gasteiger partial charge in [-0.3, -0.25) is 19.6 Å². The standard InChI is InChI=1S/C37H36Cl3N5O5/c1-50-34-12-24(31(39)11-23(34)16-42-32(20-46)37(48)49)19-45-33-14-25(38)13-29(30(33)18-43-45)28-4-2-3-27(36(28)40)22-7-5-21(6-8-22)15-41-17-26-9-10-35(47)44-26/h2-8,11-14,18,26,32,41-42,46H,9-10,15-17,19-20H2,1H3,(H,44,47)(H,48,49)/t26-,32-/m0/s1. The molecule has 0 aliphatic carbocycles. The maximum absolute atomic E-state index is 11.5. The third-order valence-corrected chi connectivity index (χ3v) is 9.85. The van der Waals surface area contributed by atoms with Crippen LogP contribution in [0.25, 0.3) is 33.2 Å². The van der Waals surface area contributed by atoms with Crippen molar-refractivity contribution in [2.24, 2.45) is 0 Å². The third-order valence-electron chi connectivity index (χ3n) is 8.88. The first kappa shape index (κ1) is 35.7. The Hall–Kier alpha value is -4.16. The predicted octanol–water partition coefficient (Wildman–Crippen LogP) is 6.29. The molecule has 0 bridgehead atoms. The molecular weight excluding hydrogens is 701 g/mol. The number of halogens is 3. The van der Waals surface area contributed by atoms with E-state index in [2.05, 4.69) is 45.3 Å². The zero-order chi connectivity index (χ0) is 35.4. The number of hydrogen-bond donors (Lipinski definition) is 5. The first-order valence-electron chi connectivity index (χ1n) is 16.1. The van der Waals surface area contributed by atoms with Gasteiger partial charge in [0.05, 0.1) is 37.0 Å². The van der Waals surface area contributed by atoms with E-state index in [4.69, 9.17) is 39.5 Å². The van der Waals surface area contributed by atoms with Gasteiger partial charge in [-0.2, -0.15) is 5.10 Å². The fraction of sp³-hybridized carbons (Fsp3) is 0.270. The molecule has 13 heteroatoms. The van der Waals surface area contributed by atoms with Crippen molar-refractivity contribution in [1.29, 1.82) is 0 Å². The number of methoxy groups -OCH3 is 1. The van der Waals surface area contributed by atoms with E-state index in [0.717, 1.165) is 57.2 Å². The zero-order valence-corrected chi connectivity index (χ0v) is 29.4. The molecule has 50 heavy (non-hydrogen) atoms. The Morgan fingerprint density at radius 2 is 1.82 bits per heavy atom. The van der Waals surface area contributed by atoms with Crippen molar-refractivity contribution in [3.05, 3.63) is 105 Å². The molecule has 1 aliphatic rings.